The number of ether oxygens (including phenoxy) is 2. The predicted molar refractivity (Wildman–Crippen MR) is 63.1 cm³/mol. The first kappa shape index (κ1) is 10.8. The van der Waals surface area contributed by atoms with Gasteiger partial charge in [-0.15, -0.1) is 0 Å². The summed E-state index contributed by atoms with van der Waals surface area (Å²) in [6, 6.07) is 8.10. The molecule has 0 aliphatic carbocycles. The van der Waals surface area contributed by atoms with Crippen LogP contribution in [0, 0.1) is 5.92 Å². The van der Waals surface area contributed by atoms with Crippen LogP contribution >= 0.6 is 0 Å². The lowest BCUT2D eigenvalue weighted by atomic mass is 9.92. The molecule has 2 heterocycles. The van der Waals surface area contributed by atoms with Crippen molar-refractivity contribution in [3.05, 3.63) is 29.8 Å². The molecule has 0 amide bonds. The lowest BCUT2D eigenvalue weighted by molar-refractivity contribution is -0.131. The lowest BCUT2D eigenvalue weighted by Crippen LogP contribution is -2.32. The maximum atomic E-state index is 11.7. The quantitative estimate of drug-likeness (QED) is 0.782. The number of carbonyl (C=O) groups is 1. The maximum Gasteiger partial charge on any atom is 0.140 e. The summed E-state index contributed by atoms with van der Waals surface area (Å²) in [6.45, 7) is 1.15. The highest BCUT2D eigenvalue weighted by atomic mass is 16.5. The van der Waals surface area contributed by atoms with Gasteiger partial charge in [0.1, 0.15) is 17.6 Å². The first-order valence-corrected chi connectivity index (χ1v) is 6.18. The fourth-order valence-corrected chi connectivity index (χ4v) is 2.60. The molecule has 3 nitrogen and oxygen atoms in total. The number of Topliss-reactive ketones (excluding diaryl/α,β-unsaturated/α-hetero) is 1. The van der Waals surface area contributed by atoms with Gasteiger partial charge in [-0.25, -0.2) is 0 Å². The van der Waals surface area contributed by atoms with Crippen molar-refractivity contribution < 1.29 is 14.3 Å². The second-order valence-electron chi connectivity index (χ2n) is 4.78. The van der Waals surface area contributed by atoms with Crippen LogP contribution < -0.4 is 4.74 Å². The smallest absolute Gasteiger partial charge is 0.140 e. The van der Waals surface area contributed by atoms with Crippen LogP contribution in [0.4, 0.5) is 0 Å². The Kier molecular flexibility index (Phi) is 2.85. The Balaban J connectivity index is 1.63. The lowest BCUT2D eigenvalue weighted by Gasteiger charge is -2.23. The highest BCUT2D eigenvalue weighted by Crippen LogP contribution is 2.31. The van der Waals surface area contributed by atoms with Crippen molar-refractivity contribution in [2.75, 3.05) is 13.2 Å². The first-order valence-electron chi connectivity index (χ1n) is 6.18. The molecule has 2 aliphatic rings. The molecule has 0 saturated carbocycles. The highest BCUT2D eigenvalue weighted by Gasteiger charge is 2.30. The first-order chi connectivity index (χ1) is 8.33. The van der Waals surface area contributed by atoms with Crippen LogP contribution in [-0.2, 0) is 16.0 Å². The van der Waals surface area contributed by atoms with Gasteiger partial charge in [-0.1, -0.05) is 18.2 Å². The van der Waals surface area contributed by atoms with Crippen LogP contribution in [0.25, 0.3) is 0 Å². The van der Waals surface area contributed by atoms with Gasteiger partial charge in [0.05, 0.1) is 13.2 Å². The Bertz CT molecular complexity index is 402. The van der Waals surface area contributed by atoms with E-state index >= 15 is 0 Å². The zero-order valence-electron chi connectivity index (χ0n) is 9.72. The highest BCUT2D eigenvalue weighted by molar-refractivity contribution is 5.81. The Hall–Kier alpha value is -1.35. The number of rotatable bonds is 2. The van der Waals surface area contributed by atoms with E-state index in [0.717, 1.165) is 18.6 Å². The van der Waals surface area contributed by atoms with Crippen LogP contribution in [0.2, 0.25) is 0 Å². The molecule has 2 unspecified atom stereocenters. The van der Waals surface area contributed by atoms with Gasteiger partial charge in [0.2, 0.25) is 0 Å². The second kappa shape index (κ2) is 4.49. The van der Waals surface area contributed by atoms with Crippen molar-refractivity contribution in [1.82, 2.24) is 0 Å². The molecule has 1 saturated heterocycles. The molecule has 17 heavy (non-hydrogen) atoms. The Morgan fingerprint density at radius 3 is 3.00 bits per heavy atom. The average molecular weight is 232 g/mol. The number of para-hydroxylation sites is 1. The van der Waals surface area contributed by atoms with E-state index < -0.39 is 0 Å². The molecule has 0 bridgehead atoms. The van der Waals surface area contributed by atoms with E-state index in [0.29, 0.717) is 25.4 Å². The molecule has 1 fully saturated rings. The minimum atomic E-state index is 0.0306. The van der Waals surface area contributed by atoms with E-state index in [4.69, 9.17) is 9.47 Å². The van der Waals surface area contributed by atoms with Crippen molar-refractivity contribution in [2.45, 2.75) is 25.4 Å². The van der Waals surface area contributed by atoms with Crippen LogP contribution in [0.5, 0.6) is 5.75 Å². The van der Waals surface area contributed by atoms with E-state index in [9.17, 15) is 4.79 Å². The number of carbonyl (C=O) groups excluding carboxylic acids is 1. The molecule has 2 atom stereocenters. The molecular formula is C14H16O3. The summed E-state index contributed by atoms with van der Waals surface area (Å²) in [7, 11) is 0. The van der Waals surface area contributed by atoms with Crippen molar-refractivity contribution >= 4 is 5.78 Å². The Morgan fingerprint density at radius 1 is 1.29 bits per heavy atom. The van der Waals surface area contributed by atoms with Crippen molar-refractivity contribution in [3.63, 3.8) is 0 Å². The Morgan fingerprint density at radius 2 is 2.18 bits per heavy atom. The van der Waals surface area contributed by atoms with Crippen LogP contribution in [0.3, 0.4) is 0 Å². The standard InChI is InChI=1S/C14H16O3/c15-13-5-6-16-9-11(13)8-12-7-10-3-1-2-4-14(10)17-12/h1-4,11-12H,5-9H2. The van der Waals surface area contributed by atoms with Gasteiger partial charge < -0.3 is 9.47 Å². The van der Waals surface area contributed by atoms with E-state index in [1.165, 1.54) is 5.56 Å². The molecule has 90 valence electrons. The normalized spacial score (nSPS) is 27.6. The number of benzene rings is 1. The molecule has 2 aliphatic heterocycles. The van der Waals surface area contributed by atoms with Crippen LogP contribution in [-0.4, -0.2) is 25.1 Å². The number of ketones is 1. The molecule has 3 rings (SSSR count). The summed E-state index contributed by atoms with van der Waals surface area (Å²) in [5, 5.41) is 0. The Labute approximate surface area is 101 Å². The van der Waals surface area contributed by atoms with E-state index in [2.05, 4.69) is 6.07 Å². The monoisotopic (exact) mass is 232 g/mol. The van der Waals surface area contributed by atoms with E-state index in [1.807, 2.05) is 18.2 Å². The molecule has 3 heteroatoms. The van der Waals surface area contributed by atoms with Gasteiger partial charge in [-0.05, 0) is 18.1 Å². The van der Waals surface area contributed by atoms with Crippen molar-refractivity contribution in [3.8, 4) is 5.75 Å². The van der Waals surface area contributed by atoms with Crippen LogP contribution in [0.1, 0.15) is 18.4 Å². The summed E-state index contributed by atoms with van der Waals surface area (Å²) in [6.07, 6.45) is 2.40. The van der Waals surface area contributed by atoms with Crippen molar-refractivity contribution in [2.24, 2.45) is 5.92 Å². The number of hydrogen-bond donors (Lipinski definition) is 0. The van der Waals surface area contributed by atoms with E-state index in [1.54, 1.807) is 0 Å². The zero-order valence-corrected chi connectivity index (χ0v) is 9.72. The molecule has 1 aromatic rings. The van der Waals surface area contributed by atoms with Crippen molar-refractivity contribution in [1.29, 1.82) is 0 Å². The zero-order chi connectivity index (χ0) is 11.7. The molecule has 0 spiro atoms. The summed E-state index contributed by atoms with van der Waals surface area (Å²) < 4.78 is 11.2. The minimum Gasteiger partial charge on any atom is -0.490 e. The molecule has 0 radical (unpaired) electrons. The third-order valence-corrected chi connectivity index (χ3v) is 3.53. The second-order valence-corrected chi connectivity index (χ2v) is 4.78. The topological polar surface area (TPSA) is 35.5 Å². The summed E-state index contributed by atoms with van der Waals surface area (Å²) in [5.74, 6) is 1.33. The van der Waals surface area contributed by atoms with Gasteiger partial charge in [-0.3, -0.25) is 4.79 Å². The number of fused-ring (bicyclic) bond motifs is 1. The molecular weight excluding hydrogens is 216 g/mol. The fourth-order valence-electron chi connectivity index (χ4n) is 2.60. The molecule has 0 N–H and O–H groups in total. The van der Waals surface area contributed by atoms with Gasteiger partial charge in [0.15, 0.2) is 0 Å². The number of hydrogen-bond acceptors (Lipinski definition) is 3. The third-order valence-electron chi connectivity index (χ3n) is 3.53. The summed E-state index contributed by atoms with van der Waals surface area (Å²) in [4.78, 5) is 11.7. The van der Waals surface area contributed by atoms with Gasteiger partial charge in [-0.2, -0.15) is 0 Å². The van der Waals surface area contributed by atoms with Crippen LogP contribution in [0.15, 0.2) is 24.3 Å². The molecule has 1 aromatic carbocycles. The SMILES string of the molecule is O=C1CCOCC1CC1Cc2ccccc2O1. The largest absolute Gasteiger partial charge is 0.490 e. The molecule has 0 aromatic heterocycles. The van der Waals surface area contributed by atoms with Gasteiger partial charge in [0, 0.05) is 18.8 Å². The maximum absolute atomic E-state index is 11.7. The fraction of sp³-hybridized carbons (Fsp3) is 0.500. The minimum absolute atomic E-state index is 0.0306. The summed E-state index contributed by atoms with van der Waals surface area (Å²) in [5.41, 5.74) is 1.25. The average Bonchev–Trinajstić information content (AvgIpc) is 2.74. The van der Waals surface area contributed by atoms with Gasteiger partial charge >= 0.3 is 0 Å². The third kappa shape index (κ3) is 2.20. The summed E-state index contributed by atoms with van der Waals surface area (Å²) >= 11 is 0. The van der Waals surface area contributed by atoms with E-state index in [-0.39, 0.29) is 12.0 Å². The predicted octanol–water partition coefficient (Wildman–Crippen LogP) is 1.99. The van der Waals surface area contributed by atoms with Gasteiger partial charge in [0.25, 0.3) is 0 Å².